The average Bonchev–Trinajstić information content (AvgIpc) is 3.02. The Morgan fingerprint density at radius 3 is 2.54 bits per heavy atom. The molecule has 3 rings (SSSR count). The number of nitrogens with zero attached hydrogens (tertiary/aromatic N) is 1. The number of benzene rings is 2. The van der Waals surface area contributed by atoms with Gasteiger partial charge in [-0.15, -0.1) is 0 Å². The van der Waals surface area contributed by atoms with Crippen LogP contribution in [0.25, 0.3) is 10.9 Å². The van der Waals surface area contributed by atoms with Crippen molar-refractivity contribution in [3.63, 3.8) is 0 Å². The average molecular weight is 351 g/mol. The van der Waals surface area contributed by atoms with Crippen LogP contribution in [-0.2, 0) is 17.8 Å². The number of aromatic nitrogens is 1. The van der Waals surface area contributed by atoms with Crippen LogP contribution in [0.5, 0.6) is 0 Å². The molecule has 0 aliphatic rings. The Hall–Kier alpha value is -2.10. The maximum Gasteiger partial charge on any atom is 0.0486 e. The molecular formula is C23H30N2O. The van der Waals surface area contributed by atoms with E-state index < -0.39 is 0 Å². The number of rotatable bonds is 11. The van der Waals surface area contributed by atoms with Crippen LogP contribution < -0.4 is 5.32 Å². The van der Waals surface area contributed by atoms with Gasteiger partial charge in [-0.25, -0.2) is 0 Å². The first kappa shape index (κ1) is 18.7. The third-order valence-electron chi connectivity index (χ3n) is 4.67. The fraction of sp³-hybridized carbons (Fsp3) is 0.391. The lowest BCUT2D eigenvalue weighted by atomic mass is 10.2. The van der Waals surface area contributed by atoms with Gasteiger partial charge in [-0.05, 0) is 36.6 Å². The highest BCUT2D eigenvalue weighted by atomic mass is 16.5. The molecule has 0 atom stereocenters. The molecule has 138 valence electrons. The standard InChI is InChI=1S/C23H30N2O/c1-2-3-15-26-16-9-14-24-17-21-19-25(18-20-10-5-4-6-11-20)23-13-8-7-12-22(21)23/h4-8,10-13,19,24H,2-3,9,14-18H2,1H3. The predicted molar refractivity (Wildman–Crippen MR) is 110 cm³/mol. The van der Waals surface area contributed by atoms with Crippen LogP contribution in [0.4, 0.5) is 0 Å². The Morgan fingerprint density at radius 1 is 0.923 bits per heavy atom. The first-order valence-electron chi connectivity index (χ1n) is 9.77. The third-order valence-corrected chi connectivity index (χ3v) is 4.67. The molecule has 1 aromatic heterocycles. The van der Waals surface area contributed by atoms with Gasteiger partial charge in [0.2, 0.25) is 0 Å². The van der Waals surface area contributed by atoms with Crippen molar-refractivity contribution in [3.8, 4) is 0 Å². The van der Waals surface area contributed by atoms with Crippen LogP contribution in [0.2, 0.25) is 0 Å². The van der Waals surface area contributed by atoms with Crippen LogP contribution in [0, 0.1) is 0 Å². The highest BCUT2D eigenvalue weighted by molar-refractivity contribution is 5.84. The predicted octanol–water partition coefficient (Wildman–Crippen LogP) is 4.99. The van der Waals surface area contributed by atoms with Crippen molar-refractivity contribution in [1.29, 1.82) is 0 Å². The number of nitrogens with one attached hydrogen (secondary N) is 1. The van der Waals surface area contributed by atoms with Crippen molar-refractivity contribution in [2.45, 2.75) is 39.3 Å². The number of hydrogen-bond acceptors (Lipinski definition) is 2. The van der Waals surface area contributed by atoms with E-state index >= 15 is 0 Å². The van der Waals surface area contributed by atoms with Gasteiger partial charge in [0.25, 0.3) is 0 Å². The maximum atomic E-state index is 5.62. The van der Waals surface area contributed by atoms with Crippen molar-refractivity contribution in [1.82, 2.24) is 9.88 Å². The van der Waals surface area contributed by atoms with Crippen LogP contribution in [0.1, 0.15) is 37.3 Å². The first-order valence-corrected chi connectivity index (χ1v) is 9.77. The highest BCUT2D eigenvalue weighted by Gasteiger charge is 2.08. The molecule has 1 heterocycles. The lowest BCUT2D eigenvalue weighted by Crippen LogP contribution is -2.16. The first-order chi connectivity index (χ1) is 12.9. The second-order valence-electron chi connectivity index (χ2n) is 6.78. The molecule has 0 aliphatic carbocycles. The van der Waals surface area contributed by atoms with Crippen molar-refractivity contribution in [2.75, 3.05) is 19.8 Å². The molecule has 0 aliphatic heterocycles. The zero-order chi connectivity index (χ0) is 18.0. The van der Waals surface area contributed by atoms with Crippen molar-refractivity contribution in [2.24, 2.45) is 0 Å². The Bertz CT molecular complexity index is 779. The molecule has 0 unspecified atom stereocenters. The van der Waals surface area contributed by atoms with Gasteiger partial charge in [0.05, 0.1) is 0 Å². The van der Waals surface area contributed by atoms with E-state index in [2.05, 4.69) is 77.6 Å². The summed E-state index contributed by atoms with van der Waals surface area (Å²) < 4.78 is 7.98. The van der Waals surface area contributed by atoms with E-state index in [0.29, 0.717) is 0 Å². The Morgan fingerprint density at radius 2 is 1.69 bits per heavy atom. The maximum absolute atomic E-state index is 5.62. The summed E-state index contributed by atoms with van der Waals surface area (Å²) >= 11 is 0. The second kappa shape index (κ2) is 10.1. The zero-order valence-corrected chi connectivity index (χ0v) is 15.8. The van der Waals surface area contributed by atoms with Crippen molar-refractivity contribution >= 4 is 10.9 Å². The molecule has 0 saturated heterocycles. The number of fused-ring (bicyclic) bond motifs is 1. The lowest BCUT2D eigenvalue weighted by Gasteiger charge is -2.05. The van der Waals surface area contributed by atoms with E-state index in [-0.39, 0.29) is 0 Å². The molecule has 0 saturated carbocycles. The zero-order valence-electron chi connectivity index (χ0n) is 15.8. The number of unbranched alkanes of at least 4 members (excludes halogenated alkanes) is 1. The summed E-state index contributed by atoms with van der Waals surface area (Å²) in [6, 6.07) is 19.3. The van der Waals surface area contributed by atoms with E-state index in [1.807, 2.05) is 0 Å². The summed E-state index contributed by atoms with van der Waals surface area (Å²) in [5.41, 5.74) is 4.00. The number of para-hydroxylation sites is 1. The molecule has 3 nitrogen and oxygen atoms in total. The summed E-state index contributed by atoms with van der Waals surface area (Å²) in [6.07, 6.45) is 5.72. The van der Waals surface area contributed by atoms with Gasteiger partial charge in [0, 0.05) is 43.4 Å². The lowest BCUT2D eigenvalue weighted by molar-refractivity contribution is 0.129. The minimum atomic E-state index is 0.850. The van der Waals surface area contributed by atoms with Gasteiger partial charge in [0.15, 0.2) is 0 Å². The SMILES string of the molecule is CCCCOCCCNCc1cn(Cc2ccccc2)c2ccccc12. The van der Waals surface area contributed by atoms with Crippen LogP contribution in [-0.4, -0.2) is 24.3 Å². The Labute approximate surface area is 157 Å². The number of hydrogen-bond donors (Lipinski definition) is 1. The van der Waals surface area contributed by atoms with Crippen LogP contribution in [0.15, 0.2) is 60.8 Å². The summed E-state index contributed by atoms with van der Waals surface area (Å²) in [5, 5.41) is 4.91. The molecule has 1 N–H and O–H groups in total. The molecule has 0 bridgehead atoms. The topological polar surface area (TPSA) is 26.2 Å². The van der Waals surface area contributed by atoms with E-state index in [1.165, 1.54) is 28.5 Å². The molecule has 0 spiro atoms. The Balaban J connectivity index is 1.57. The van der Waals surface area contributed by atoms with E-state index in [1.54, 1.807) is 0 Å². The van der Waals surface area contributed by atoms with Gasteiger partial charge >= 0.3 is 0 Å². The van der Waals surface area contributed by atoms with Crippen molar-refractivity contribution < 1.29 is 4.74 Å². The van der Waals surface area contributed by atoms with Gasteiger partial charge in [-0.1, -0.05) is 61.9 Å². The molecule has 0 amide bonds. The molecule has 3 heteroatoms. The van der Waals surface area contributed by atoms with Crippen molar-refractivity contribution in [3.05, 3.63) is 71.9 Å². The van der Waals surface area contributed by atoms with Gasteiger partial charge in [-0.2, -0.15) is 0 Å². The Kier molecular flexibility index (Phi) is 7.29. The quantitative estimate of drug-likeness (QED) is 0.493. The summed E-state index contributed by atoms with van der Waals surface area (Å²) in [5.74, 6) is 0. The van der Waals surface area contributed by atoms with E-state index in [0.717, 1.165) is 45.7 Å². The van der Waals surface area contributed by atoms with Gasteiger partial charge < -0.3 is 14.6 Å². The normalized spacial score (nSPS) is 11.3. The van der Waals surface area contributed by atoms with Gasteiger partial charge in [0.1, 0.15) is 0 Å². The monoisotopic (exact) mass is 350 g/mol. The van der Waals surface area contributed by atoms with Crippen LogP contribution in [0.3, 0.4) is 0 Å². The largest absolute Gasteiger partial charge is 0.381 e. The third kappa shape index (κ3) is 5.20. The van der Waals surface area contributed by atoms with E-state index in [4.69, 9.17) is 4.74 Å². The molecular weight excluding hydrogens is 320 g/mol. The summed E-state index contributed by atoms with van der Waals surface area (Å²) in [6.45, 7) is 6.74. The van der Waals surface area contributed by atoms with Crippen LogP contribution >= 0.6 is 0 Å². The minimum absolute atomic E-state index is 0.850. The molecule has 3 aromatic rings. The molecule has 26 heavy (non-hydrogen) atoms. The van der Waals surface area contributed by atoms with Gasteiger partial charge in [-0.3, -0.25) is 0 Å². The fourth-order valence-corrected chi connectivity index (χ4v) is 3.25. The minimum Gasteiger partial charge on any atom is -0.381 e. The molecule has 0 fully saturated rings. The summed E-state index contributed by atoms with van der Waals surface area (Å²) in [7, 11) is 0. The second-order valence-corrected chi connectivity index (χ2v) is 6.78. The number of ether oxygens (including phenoxy) is 1. The fourth-order valence-electron chi connectivity index (χ4n) is 3.25. The highest BCUT2D eigenvalue weighted by Crippen LogP contribution is 2.22. The van der Waals surface area contributed by atoms with E-state index in [9.17, 15) is 0 Å². The smallest absolute Gasteiger partial charge is 0.0486 e. The molecule has 2 aromatic carbocycles. The molecule has 0 radical (unpaired) electrons. The summed E-state index contributed by atoms with van der Waals surface area (Å²) in [4.78, 5) is 0.